The van der Waals surface area contributed by atoms with Gasteiger partial charge in [-0.15, -0.1) is 13.2 Å². The van der Waals surface area contributed by atoms with Crippen molar-refractivity contribution in [1.29, 1.82) is 0 Å². The number of hydrogen-bond donors (Lipinski definition) is 3. The van der Waals surface area contributed by atoms with E-state index in [0.29, 0.717) is 13.0 Å². The molecule has 22 heavy (non-hydrogen) atoms. The molecule has 0 fully saturated rings. The third kappa shape index (κ3) is 7.16. The van der Waals surface area contributed by atoms with Crippen molar-refractivity contribution in [3.05, 3.63) is 29.8 Å². The summed E-state index contributed by atoms with van der Waals surface area (Å²) in [5, 5.41) is 13.8. The average molecular weight is 320 g/mol. The van der Waals surface area contributed by atoms with Crippen molar-refractivity contribution in [3.8, 4) is 5.75 Å². The Kier molecular flexibility index (Phi) is 6.97. The molecule has 1 unspecified atom stereocenters. The van der Waals surface area contributed by atoms with Gasteiger partial charge in [0.1, 0.15) is 5.75 Å². The quantitative estimate of drug-likeness (QED) is 0.722. The molecule has 124 valence electrons. The molecule has 1 atom stereocenters. The lowest BCUT2D eigenvalue weighted by Crippen LogP contribution is -2.37. The molecule has 1 rings (SSSR count). The largest absolute Gasteiger partial charge is 0.573 e. The molecule has 0 aliphatic heterocycles. The average Bonchev–Trinajstić information content (AvgIpc) is 2.43. The normalized spacial score (nSPS) is 12.6. The van der Waals surface area contributed by atoms with Crippen LogP contribution in [-0.4, -0.2) is 30.7 Å². The fraction of sp³-hybridized carbons (Fsp3) is 0.500. The fourth-order valence-corrected chi connectivity index (χ4v) is 1.70. The number of rotatable bonds is 7. The lowest BCUT2D eigenvalue weighted by Gasteiger charge is -2.15. The van der Waals surface area contributed by atoms with E-state index in [4.69, 9.17) is 5.11 Å². The van der Waals surface area contributed by atoms with Gasteiger partial charge in [0, 0.05) is 25.3 Å². The maximum atomic E-state index is 12.3. The molecular formula is C14H19F3N2O3. The number of carbonyl (C=O) groups excluding carboxylic acids is 1. The minimum atomic E-state index is -4.78. The number of halogens is 3. The van der Waals surface area contributed by atoms with Crippen LogP contribution in [-0.2, 0) is 6.54 Å². The van der Waals surface area contributed by atoms with Crippen molar-refractivity contribution in [2.45, 2.75) is 26.3 Å². The van der Waals surface area contributed by atoms with E-state index in [1.807, 2.05) is 6.92 Å². The van der Waals surface area contributed by atoms with Crippen LogP contribution in [0.2, 0.25) is 0 Å². The first-order valence-corrected chi connectivity index (χ1v) is 6.78. The van der Waals surface area contributed by atoms with Gasteiger partial charge in [-0.1, -0.05) is 25.1 Å². The molecule has 0 aromatic heterocycles. The van der Waals surface area contributed by atoms with Gasteiger partial charge in [-0.05, 0) is 18.4 Å². The molecule has 0 saturated heterocycles. The summed E-state index contributed by atoms with van der Waals surface area (Å²) in [6.07, 6.45) is -4.22. The Hall–Kier alpha value is -1.96. The Morgan fingerprint density at radius 1 is 1.32 bits per heavy atom. The SMILES string of the molecule is CC(CCO)CNC(=O)NCc1ccccc1OC(F)(F)F. The van der Waals surface area contributed by atoms with Crippen LogP contribution in [0, 0.1) is 5.92 Å². The minimum Gasteiger partial charge on any atom is -0.405 e. The summed E-state index contributed by atoms with van der Waals surface area (Å²) in [6.45, 7) is 2.18. The first kappa shape index (κ1) is 18.1. The number of ether oxygens (including phenoxy) is 1. The second-order valence-electron chi connectivity index (χ2n) is 4.84. The van der Waals surface area contributed by atoms with Gasteiger partial charge in [0.05, 0.1) is 0 Å². The number of para-hydroxylation sites is 1. The Bertz CT molecular complexity index is 481. The lowest BCUT2D eigenvalue weighted by atomic mass is 10.1. The Morgan fingerprint density at radius 3 is 2.64 bits per heavy atom. The van der Waals surface area contributed by atoms with Crippen molar-refractivity contribution < 1.29 is 27.8 Å². The highest BCUT2D eigenvalue weighted by molar-refractivity contribution is 5.73. The lowest BCUT2D eigenvalue weighted by molar-refractivity contribution is -0.274. The van der Waals surface area contributed by atoms with Crippen molar-refractivity contribution in [3.63, 3.8) is 0 Å². The third-order valence-electron chi connectivity index (χ3n) is 2.87. The summed E-state index contributed by atoms with van der Waals surface area (Å²) >= 11 is 0. The van der Waals surface area contributed by atoms with Crippen LogP contribution in [0.15, 0.2) is 24.3 Å². The number of urea groups is 1. The molecule has 1 aromatic carbocycles. The van der Waals surface area contributed by atoms with Crippen LogP contribution < -0.4 is 15.4 Å². The zero-order chi connectivity index (χ0) is 16.6. The van der Waals surface area contributed by atoms with Gasteiger partial charge in [0.25, 0.3) is 0 Å². The van der Waals surface area contributed by atoms with E-state index in [1.165, 1.54) is 18.2 Å². The summed E-state index contributed by atoms with van der Waals surface area (Å²) < 4.78 is 40.7. The van der Waals surface area contributed by atoms with E-state index >= 15 is 0 Å². The van der Waals surface area contributed by atoms with Crippen LogP contribution in [0.25, 0.3) is 0 Å². The molecule has 0 spiro atoms. The third-order valence-corrected chi connectivity index (χ3v) is 2.87. The molecule has 0 saturated carbocycles. The van der Waals surface area contributed by atoms with E-state index in [0.717, 1.165) is 0 Å². The molecule has 3 N–H and O–H groups in total. The van der Waals surface area contributed by atoms with Crippen LogP contribution >= 0.6 is 0 Å². The van der Waals surface area contributed by atoms with Crippen LogP contribution in [0.5, 0.6) is 5.75 Å². The number of aliphatic hydroxyl groups is 1. The van der Waals surface area contributed by atoms with E-state index in [2.05, 4.69) is 15.4 Å². The Labute approximate surface area is 126 Å². The predicted molar refractivity (Wildman–Crippen MR) is 74.2 cm³/mol. The molecule has 1 aromatic rings. The highest BCUT2D eigenvalue weighted by Crippen LogP contribution is 2.25. The van der Waals surface area contributed by atoms with Gasteiger partial charge >= 0.3 is 12.4 Å². The summed E-state index contributed by atoms with van der Waals surface area (Å²) in [6, 6.07) is 5.11. The second kappa shape index (κ2) is 8.47. The summed E-state index contributed by atoms with van der Waals surface area (Å²) in [5.41, 5.74) is 0.221. The minimum absolute atomic E-state index is 0.0343. The number of benzene rings is 1. The van der Waals surface area contributed by atoms with Gasteiger partial charge in [-0.2, -0.15) is 0 Å². The van der Waals surface area contributed by atoms with Crippen molar-refractivity contribution in [2.75, 3.05) is 13.2 Å². The fourth-order valence-electron chi connectivity index (χ4n) is 1.70. The maximum absolute atomic E-state index is 12.3. The molecule has 0 radical (unpaired) electrons. The van der Waals surface area contributed by atoms with E-state index in [-0.39, 0.29) is 30.4 Å². The van der Waals surface area contributed by atoms with Crippen LogP contribution in [0.3, 0.4) is 0 Å². The zero-order valence-corrected chi connectivity index (χ0v) is 12.1. The first-order valence-electron chi connectivity index (χ1n) is 6.78. The standard InChI is InChI=1S/C14H19F3N2O3/c1-10(6-7-20)8-18-13(21)19-9-11-4-2-3-5-12(11)22-14(15,16)17/h2-5,10,20H,6-9H2,1H3,(H2,18,19,21). The van der Waals surface area contributed by atoms with Gasteiger partial charge in [0.2, 0.25) is 0 Å². The highest BCUT2D eigenvalue weighted by Gasteiger charge is 2.31. The summed E-state index contributed by atoms with van der Waals surface area (Å²) in [7, 11) is 0. The smallest absolute Gasteiger partial charge is 0.405 e. The number of aliphatic hydroxyl groups excluding tert-OH is 1. The summed E-state index contributed by atoms with van der Waals surface area (Å²) in [5.74, 6) is -0.236. The van der Waals surface area contributed by atoms with Crippen molar-refractivity contribution in [2.24, 2.45) is 5.92 Å². The molecule has 0 bridgehead atoms. The molecule has 2 amide bonds. The topological polar surface area (TPSA) is 70.6 Å². The number of alkyl halides is 3. The number of amides is 2. The highest BCUT2D eigenvalue weighted by atomic mass is 19.4. The first-order chi connectivity index (χ1) is 10.3. The number of hydrogen-bond acceptors (Lipinski definition) is 3. The van der Waals surface area contributed by atoms with E-state index in [1.54, 1.807) is 6.07 Å². The van der Waals surface area contributed by atoms with Crippen LogP contribution in [0.4, 0.5) is 18.0 Å². The molecule has 0 aliphatic carbocycles. The molecular weight excluding hydrogens is 301 g/mol. The van der Waals surface area contributed by atoms with E-state index in [9.17, 15) is 18.0 Å². The predicted octanol–water partition coefficient (Wildman–Crippen LogP) is 2.40. The molecule has 0 heterocycles. The number of carbonyl (C=O) groups is 1. The second-order valence-corrected chi connectivity index (χ2v) is 4.84. The van der Waals surface area contributed by atoms with Crippen molar-refractivity contribution >= 4 is 6.03 Å². The summed E-state index contributed by atoms with van der Waals surface area (Å²) in [4.78, 5) is 11.6. The number of nitrogens with one attached hydrogen (secondary N) is 2. The maximum Gasteiger partial charge on any atom is 0.573 e. The van der Waals surface area contributed by atoms with Crippen LogP contribution in [0.1, 0.15) is 18.9 Å². The van der Waals surface area contributed by atoms with Gasteiger partial charge in [-0.25, -0.2) is 4.79 Å². The monoisotopic (exact) mass is 320 g/mol. The molecule has 0 aliphatic rings. The van der Waals surface area contributed by atoms with Gasteiger partial charge in [-0.3, -0.25) is 0 Å². The zero-order valence-electron chi connectivity index (χ0n) is 12.1. The Balaban J connectivity index is 2.49. The van der Waals surface area contributed by atoms with Gasteiger partial charge < -0.3 is 20.5 Å². The van der Waals surface area contributed by atoms with Gasteiger partial charge in [0.15, 0.2) is 0 Å². The van der Waals surface area contributed by atoms with E-state index < -0.39 is 12.4 Å². The van der Waals surface area contributed by atoms with Crippen molar-refractivity contribution in [1.82, 2.24) is 10.6 Å². The molecule has 8 heteroatoms. The Morgan fingerprint density at radius 2 is 2.00 bits per heavy atom. The molecule has 5 nitrogen and oxygen atoms in total.